The van der Waals surface area contributed by atoms with Crippen LogP contribution in [-0.4, -0.2) is 49.7 Å². The van der Waals surface area contributed by atoms with Crippen LogP contribution in [0.1, 0.15) is 47.0 Å². The molecule has 2 atom stereocenters. The third-order valence-electron chi connectivity index (χ3n) is 5.20. The van der Waals surface area contributed by atoms with Crippen molar-refractivity contribution in [3.8, 4) is 0 Å². The van der Waals surface area contributed by atoms with Crippen LogP contribution in [0.25, 0.3) is 0 Å². The number of carbonyl (C=O) groups excluding carboxylic acids is 1. The number of nitrogens with zero attached hydrogens (tertiary/aromatic N) is 1. The van der Waals surface area contributed by atoms with Gasteiger partial charge in [-0.2, -0.15) is 0 Å². The van der Waals surface area contributed by atoms with Crippen molar-refractivity contribution in [3.63, 3.8) is 0 Å². The van der Waals surface area contributed by atoms with E-state index in [1.807, 2.05) is 12.1 Å². The molecule has 0 amide bonds. The van der Waals surface area contributed by atoms with Gasteiger partial charge in [-0.15, -0.1) is 0 Å². The molecule has 2 saturated heterocycles. The molecule has 126 valence electrons. The molecule has 0 radical (unpaired) electrons. The van der Waals surface area contributed by atoms with Gasteiger partial charge in [0.25, 0.3) is 0 Å². The third kappa shape index (κ3) is 2.89. The monoisotopic (exact) mass is 318 g/mol. The van der Waals surface area contributed by atoms with Gasteiger partial charge in [-0.05, 0) is 30.5 Å². The molecule has 1 aromatic carbocycles. The molecule has 0 saturated carbocycles. The van der Waals surface area contributed by atoms with E-state index in [4.69, 9.17) is 9.47 Å². The number of piperazine rings is 1. The van der Waals surface area contributed by atoms with Crippen molar-refractivity contribution < 1.29 is 14.3 Å². The quantitative estimate of drug-likeness (QED) is 0.803. The van der Waals surface area contributed by atoms with E-state index in [2.05, 4.69) is 17.1 Å². The summed E-state index contributed by atoms with van der Waals surface area (Å²) < 4.78 is 11.3. The fourth-order valence-corrected chi connectivity index (χ4v) is 3.84. The number of nitrogens with one attached hydrogen (secondary N) is 1. The van der Waals surface area contributed by atoms with Crippen LogP contribution in [0.4, 0.5) is 0 Å². The number of ether oxygens (including phenoxy) is 2. The predicted molar refractivity (Wildman–Crippen MR) is 88.6 cm³/mol. The molecule has 2 fully saturated rings. The lowest BCUT2D eigenvalue weighted by Crippen LogP contribution is -2.51. The van der Waals surface area contributed by atoms with Crippen molar-refractivity contribution in [3.05, 3.63) is 34.4 Å². The zero-order valence-corrected chi connectivity index (χ0v) is 12.9. The largest absolute Gasteiger partial charge is 0.457 e. The Morgan fingerprint density at radius 3 is 3.09 bits per heavy atom. The molecule has 0 aliphatic carbocycles. The Labute approximate surface area is 137 Å². The van der Waals surface area contributed by atoms with Gasteiger partial charge >= 0.3 is 5.97 Å². The summed E-state index contributed by atoms with van der Waals surface area (Å²) in [6.45, 7) is 7.39. The Morgan fingerprint density at radius 2 is 2.22 bits per heavy atom. The van der Waals surface area contributed by atoms with E-state index in [9.17, 15) is 4.79 Å². The Hall–Kier alpha value is -1.43. The van der Waals surface area contributed by atoms with E-state index >= 15 is 0 Å². The molecule has 2 unspecified atom stereocenters. The molecule has 1 aromatic rings. The van der Waals surface area contributed by atoms with E-state index in [1.165, 1.54) is 5.56 Å². The highest BCUT2D eigenvalue weighted by Crippen LogP contribution is 2.32. The lowest BCUT2D eigenvalue weighted by molar-refractivity contribution is 0.0509. The van der Waals surface area contributed by atoms with Crippen molar-refractivity contribution in [2.75, 3.05) is 32.8 Å². The lowest BCUT2D eigenvalue weighted by Gasteiger charge is -2.35. The second-order valence-corrected chi connectivity index (χ2v) is 6.38. The summed E-state index contributed by atoms with van der Waals surface area (Å²) >= 11 is 0. The highest BCUT2D eigenvalue weighted by molar-refractivity contribution is 5.93. The van der Waals surface area contributed by atoms with Crippen molar-refractivity contribution in [1.82, 2.24) is 10.2 Å². The predicted octanol–water partition coefficient (Wildman–Crippen LogP) is 2.04. The van der Waals surface area contributed by atoms with Gasteiger partial charge in [-0.1, -0.05) is 13.5 Å². The Kier molecular flexibility index (Phi) is 4.71. The van der Waals surface area contributed by atoms with Crippen molar-refractivity contribution in [1.29, 1.82) is 0 Å². The Balaban J connectivity index is 0.00000156. The second kappa shape index (κ2) is 6.59. The molecule has 0 aromatic heterocycles. The smallest absolute Gasteiger partial charge is 0.338 e. The molecule has 3 aliphatic heterocycles. The van der Waals surface area contributed by atoms with E-state index in [0.29, 0.717) is 12.6 Å². The highest BCUT2D eigenvalue weighted by Gasteiger charge is 2.31. The van der Waals surface area contributed by atoms with Crippen molar-refractivity contribution >= 4 is 5.97 Å². The van der Waals surface area contributed by atoms with E-state index in [0.717, 1.165) is 55.9 Å². The van der Waals surface area contributed by atoms with Crippen LogP contribution in [0.5, 0.6) is 0 Å². The first kappa shape index (κ1) is 16.4. The number of benzene rings is 1. The van der Waals surface area contributed by atoms with E-state index in [-0.39, 0.29) is 19.5 Å². The van der Waals surface area contributed by atoms with Crippen LogP contribution < -0.4 is 5.32 Å². The zero-order valence-electron chi connectivity index (χ0n) is 12.9. The van der Waals surface area contributed by atoms with Gasteiger partial charge in [-0.3, -0.25) is 4.90 Å². The fourth-order valence-electron chi connectivity index (χ4n) is 3.84. The molecule has 3 aliphatic rings. The number of hydrogen-bond acceptors (Lipinski definition) is 5. The number of esters is 1. The number of fused-ring (bicyclic) bond motifs is 2. The first-order valence-corrected chi connectivity index (χ1v) is 8.10. The maximum Gasteiger partial charge on any atom is 0.338 e. The van der Waals surface area contributed by atoms with Gasteiger partial charge in [0.15, 0.2) is 0 Å². The van der Waals surface area contributed by atoms with Gasteiger partial charge in [-0.25, -0.2) is 4.79 Å². The van der Waals surface area contributed by atoms with Crippen LogP contribution in [0.15, 0.2) is 12.1 Å². The third-order valence-corrected chi connectivity index (χ3v) is 5.20. The summed E-state index contributed by atoms with van der Waals surface area (Å²) in [4.78, 5) is 14.2. The summed E-state index contributed by atoms with van der Waals surface area (Å²) in [5, 5.41) is 3.47. The van der Waals surface area contributed by atoms with Gasteiger partial charge in [0.2, 0.25) is 0 Å². The topological polar surface area (TPSA) is 50.8 Å². The normalized spacial score (nSPS) is 27.4. The molecular formula is C18H26N2O3. The van der Waals surface area contributed by atoms with Crippen molar-refractivity contribution in [2.24, 2.45) is 0 Å². The minimum absolute atomic E-state index is 0. The zero-order chi connectivity index (χ0) is 15.1. The number of hydrogen-bond donors (Lipinski definition) is 1. The maximum absolute atomic E-state index is 11.7. The lowest BCUT2D eigenvalue weighted by atomic mass is 9.95. The fraction of sp³-hybridized carbons (Fsp3) is 0.611. The molecule has 5 heteroatoms. The molecule has 4 rings (SSSR count). The second-order valence-electron chi connectivity index (χ2n) is 6.38. The van der Waals surface area contributed by atoms with Crippen LogP contribution in [0.3, 0.4) is 0 Å². The van der Waals surface area contributed by atoms with Gasteiger partial charge < -0.3 is 14.8 Å². The first-order chi connectivity index (χ1) is 10.7. The number of rotatable bonds is 1. The molecule has 23 heavy (non-hydrogen) atoms. The van der Waals surface area contributed by atoms with Gasteiger partial charge in [0.1, 0.15) is 6.61 Å². The minimum Gasteiger partial charge on any atom is -0.457 e. The van der Waals surface area contributed by atoms with E-state index in [1.54, 1.807) is 0 Å². The summed E-state index contributed by atoms with van der Waals surface area (Å²) in [5.41, 5.74) is 4.11. The minimum atomic E-state index is -0.200. The SMILES string of the molecule is C.Cc1c(C2CN3CCNCC3CCO2)ccc2c1COC2=O. The molecule has 3 heterocycles. The van der Waals surface area contributed by atoms with E-state index < -0.39 is 0 Å². The Bertz CT molecular complexity index is 602. The number of cyclic esters (lactones) is 1. The summed E-state index contributed by atoms with van der Waals surface area (Å²) in [6, 6.07) is 4.53. The first-order valence-electron chi connectivity index (χ1n) is 8.10. The van der Waals surface area contributed by atoms with Crippen LogP contribution >= 0.6 is 0 Å². The summed E-state index contributed by atoms with van der Waals surface area (Å²) in [7, 11) is 0. The highest BCUT2D eigenvalue weighted by atomic mass is 16.5. The maximum atomic E-state index is 11.7. The molecule has 0 spiro atoms. The Morgan fingerprint density at radius 1 is 1.35 bits per heavy atom. The summed E-state index contributed by atoms with van der Waals surface area (Å²) in [5.74, 6) is -0.200. The average Bonchev–Trinajstić information content (AvgIpc) is 2.79. The number of carbonyl (C=O) groups is 1. The molecule has 5 nitrogen and oxygen atoms in total. The van der Waals surface area contributed by atoms with Gasteiger partial charge in [0.05, 0.1) is 11.7 Å². The van der Waals surface area contributed by atoms with Gasteiger partial charge in [0, 0.05) is 44.4 Å². The molecule has 1 N–H and O–H groups in total. The molecular weight excluding hydrogens is 292 g/mol. The van der Waals surface area contributed by atoms with Crippen LogP contribution in [0.2, 0.25) is 0 Å². The standard InChI is InChI=1S/C17H22N2O3.CH4/c1-11-13(2-3-14-15(11)10-22-17(14)20)16-9-19-6-5-18-8-12(19)4-7-21-16;/h2-3,12,16,18H,4-10H2,1H3;1H4. The van der Waals surface area contributed by atoms with Crippen LogP contribution in [0, 0.1) is 6.92 Å². The summed E-state index contributed by atoms with van der Waals surface area (Å²) in [6.07, 6.45) is 1.17. The van der Waals surface area contributed by atoms with Crippen molar-refractivity contribution in [2.45, 2.75) is 39.5 Å². The average molecular weight is 318 g/mol. The van der Waals surface area contributed by atoms with Crippen LogP contribution in [-0.2, 0) is 16.1 Å². The molecule has 0 bridgehead atoms.